The number of fused-ring (bicyclic) bond motifs is 1. The fourth-order valence-electron chi connectivity index (χ4n) is 3.79. The number of hydrogen-bond donors (Lipinski definition) is 2. The number of benzene rings is 1. The van der Waals surface area contributed by atoms with Crippen LogP contribution in [-0.2, 0) is 12.6 Å². The van der Waals surface area contributed by atoms with Crippen LogP contribution in [0.1, 0.15) is 18.1 Å². The van der Waals surface area contributed by atoms with Crippen LogP contribution >= 0.6 is 11.3 Å². The molecule has 1 unspecified atom stereocenters. The van der Waals surface area contributed by atoms with Gasteiger partial charge in [-0.3, -0.25) is 5.32 Å². The van der Waals surface area contributed by atoms with E-state index in [-0.39, 0.29) is 38.5 Å². The molecule has 0 radical (unpaired) electrons. The molecule has 4 rings (SSSR count). The van der Waals surface area contributed by atoms with Gasteiger partial charge in [-0.15, -0.1) is 0 Å². The number of carbonyl (C=O) groups excluding carboxylic acids is 1. The number of pyridine rings is 1. The van der Waals surface area contributed by atoms with Crippen molar-refractivity contribution < 1.29 is 27.5 Å². The molecule has 3 aromatic rings. The van der Waals surface area contributed by atoms with Crippen molar-refractivity contribution in [3.8, 4) is 0 Å². The molecule has 1 atom stereocenters. The monoisotopic (exact) mass is 483 g/mol. The molecule has 1 saturated heterocycles. The minimum atomic E-state index is -4.60. The summed E-state index contributed by atoms with van der Waals surface area (Å²) in [7, 11) is 0. The van der Waals surface area contributed by atoms with Crippen molar-refractivity contribution in [2.24, 2.45) is 0 Å². The molecule has 0 aliphatic carbocycles. The quantitative estimate of drug-likeness (QED) is 0.546. The minimum Gasteiger partial charge on any atom is -0.396 e. The first-order chi connectivity index (χ1) is 15.7. The highest BCUT2D eigenvalue weighted by molar-refractivity contribution is 7.22. The molecule has 2 amide bonds. The highest BCUT2D eigenvalue weighted by Gasteiger charge is 2.38. The lowest BCUT2D eigenvalue weighted by Gasteiger charge is -2.40. The number of urea groups is 1. The van der Waals surface area contributed by atoms with Crippen molar-refractivity contribution in [2.45, 2.75) is 25.6 Å². The van der Waals surface area contributed by atoms with E-state index < -0.39 is 29.6 Å². The normalized spacial score (nSPS) is 17.0. The van der Waals surface area contributed by atoms with E-state index in [0.717, 1.165) is 17.4 Å². The van der Waals surface area contributed by atoms with Crippen LogP contribution in [0, 0.1) is 5.82 Å². The summed E-state index contributed by atoms with van der Waals surface area (Å²) in [6.45, 7) is 1.98. The third-order valence-electron chi connectivity index (χ3n) is 5.38. The number of nitrogens with one attached hydrogen (secondary N) is 1. The lowest BCUT2D eigenvalue weighted by molar-refractivity contribution is -0.137. The van der Waals surface area contributed by atoms with E-state index in [1.165, 1.54) is 34.2 Å². The molecule has 1 aliphatic rings. The molecule has 0 saturated carbocycles. The van der Waals surface area contributed by atoms with Crippen LogP contribution in [0.25, 0.3) is 10.2 Å². The highest BCUT2D eigenvalue weighted by atomic mass is 32.1. The van der Waals surface area contributed by atoms with Crippen molar-refractivity contribution in [1.29, 1.82) is 0 Å². The summed E-state index contributed by atoms with van der Waals surface area (Å²) >= 11 is 1.14. The molecule has 1 aromatic carbocycles. The molecule has 1 aliphatic heterocycles. The molecule has 2 N–H and O–H groups in total. The van der Waals surface area contributed by atoms with Crippen molar-refractivity contribution in [3.05, 3.63) is 47.4 Å². The van der Waals surface area contributed by atoms with Gasteiger partial charge in [-0.25, -0.2) is 19.2 Å². The van der Waals surface area contributed by atoms with Crippen LogP contribution in [0.4, 0.5) is 33.3 Å². The standard InChI is InChI=1S/C21H21F4N5O2S/c1-12-11-29(18-15(21(23,24)25)8-13(4-7-31)10-26-18)5-6-30(12)20(32)28-19-27-16-3-2-14(22)9-17(16)33-19/h2-3,8-10,12,31H,4-7,11H2,1H3,(H,27,28,32). The Morgan fingerprint density at radius 1 is 1.30 bits per heavy atom. The van der Waals surface area contributed by atoms with Crippen LogP contribution in [-0.4, -0.2) is 58.3 Å². The van der Waals surface area contributed by atoms with Gasteiger partial charge in [-0.1, -0.05) is 11.3 Å². The van der Waals surface area contributed by atoms with Gasteiger partial charge in [0.25, 0.3) is 0 Å². The van der Waals surface area contributed by atoms with Crippen LogP contribution in [0.2, 0.25) is 0 Å². The number of aliphatic hydroxyl groups excluding tert-OH is 1. The van der Waals surface area contributed by atoms with E-state index in [1.54, 1.807) is 6.92 Å². The zero-order chi connectivity index (χ0) is 23.8. The van der Waals surface area contributed by atoms with Crippen LogP contribution < -0.4 is 10.2 Å². The lowest BCUT2D eigenvalue weighted by atomic mass is 10.1. The number of alkyl halides is 3. The van der Waals surface area contributed by atoms with Gasteiger partial charge in [0.1, 0.15) is 11.6 Å². The number of aliphatic hydroxyl groups is 1. The van der Waals surface area contributed by atoms with E-state index >= 15 is 0 Å². The molecule has 1 fully saturated rings. The second-order valence-electron chi connectivity index (χ2n) is 7.74. The molecule has 176 valence electrons. The van der Waals surface area contributed by atoms with Gasteiger partial charge in [0.05, 0.1) is 15.8 Å². The number of hydrogen-bond acceptors (Lipinski definition) is 6. The fraction of sp³-hybridized carbons (Fsp3) is 0.381. The average molecular weight is 483 g/mol. The molecule has 7 nitrogen and oxygen atoms in total. The third-order valence-corrected chi connectivity index (χ3v) is 6.32. The molecular weight excluding hydrogens is 462 g/mol. The Hall–Kier alpha value is -2.99. The van der Waals surface area contributed by atoms with E-state index in [1.807, 2.05) is 0 Å². The smallest absolute Gasteiger partial charge is 0.396 e. The molecule has 12 heteroatoms. The number of halogens is 4. The maximum absolute atomic E-state index is 13.6. The maximum Gasteiger partial charge on any atom is 0.419 e. The Bertz CT molecular complexity index is 1170. The average Bonchev–Trinajstić information content (AvgIpc) is 3.14. The van der Waals surface area contributed by atoms with Crippen molar-refractivity contribution in [2.75, 3.05) is 36.5 Å². The Morgan fingerprint density at radius 2 is 2.09 bits per heavy atom. The number of nitrogens with zero attached hydrogens (tertiary/aromatic N) is 4. The number of piperazine rings is 1. The van der Waals surface area contributed by atoms with Gasteiger partial charge >= 0.3 is 12.2 Å². The zero-order valence-electron chi connectivity index (χ0n) is 17.6. The van der Waals surface area contributed by atoms with Crippen molar-refractivity contribution in [1.82, 2.24) is 14.9 Å². The molecule has 2 aromatic heterocycles. The maximum atomic E-state index is 13.6. The summed E-state index contributed by atoms with van der Waals surface area (Å²) in [6.07, 6.45) is -3.18. The third kappa shape index (κ3) is 5.01. The van der Waals surface area contributed by atoms with E-state index in [2.05, 4.69) is 15.3 Å². The molecule has 0 bridgehead atoms. The molecular formula is C21H21F4N5O2S. The summed E-state index contributed by atoms with van der Waals surface area (Å²) in [5.41, 5.74) is 0.000537. The van der Waals surface area contributed by atoms with Crippen LogP contribution in [0.5, 0.6) is 0 Å². The first-order valence-electron chi connectivity index (χ1n) is 10.2. The van der Waals surface area contributed by atoms with Gasteiger partial charge in [0.2, 0.25) is 0 Å². The number of anilines is 2. The van der Waals surface area contributed by atoms with Gasteiger partial charge in [0, 0.05) is 38.5 Å². The molecule has 33 heavy (non-hydrogen) atoms. The SMILES string of the molecule is CC1CN(c2ncc(CCO)cc2C(F)(F)F)CCN1C(=O)Nc1nc2ccc(F)cc2s1. The largest absolute Gasteiger partial charge is 0.419 e. The number of aromatic nitrogens is 2. The van der Waals surface area contributed by atoms with Gasteiger partial charge in [-0.05, 0) is 43.2 Å². The molecule has 0 spiro atoms. The minimum absolute atomic E-state index is 0.0825. The predicted octanol–water partition coefficient (Wildman–Crippen LogP) is 4.13. The molecule has 3 heterocycles. The second kappa shape index (κ2) is 9.10. The lowest BCUT2D eigenvalue weighted by Crippen LogP contribution is -2.55. The zero-order valence-corrected chi connectivity index (χ0v) is 18.4. The summed E-state index contributed by atoms with van der Waals surface area (Å²) in [6, 6.07) is 4.33. The Labute approximate surface area is 190 Å². The Balaban J connectivity index is 1.47. The first-order valence-corrected chi connectivity index (χ1v) is 11.0. The fourth-order valence-corrected chi connectivity index (χ4v) is 4.67. The van der Waals surface area contributed by atoms with Crippen molar-refractivity contribution in [3.63, 3.8) is 0 Å². The number of amides is 2. The van der Waals surface area contributed by atoms with E-state index in [0.29, 0.717) is 20.9 Å². The predicted molar refractivity (Wildman–Crippen MR) is 117 cm³/mol. The number of thiazole rings is 1. The van der Waals surface area contributed by atoms with Crippen LogP contribution in [0.3, 0.4) is 0 Å². The number of carbonyl (C=O) groups is 1. The van der Waals surface area contributed by atoms with Crippen molar-refractivity contribution >= 4 is 38.5 Å². The summed E-state index contributed by atoms with van der Waals surface area (Å²) in [5.74, 6) is -0.589. The highest BCUT2D eigenvalue weighted by Crippen LogP contribution is 2.37. The Kier molecular flexibility index (Phi) is 6.39. The number of rotatable bonds is 4. The summed E-state index contributed by atoms with van der Waals surface area (Å²) in [4.78, 5) is 24.1. The first kappa shape index (κ1) is 23.2. The van der Waals surface area contributed by atoms with E-state index in [9.17, 15) is 22.4 Å². The van der Waals surface area contributed by atoms with Crippen LogP contribution in [0.15, 0.2) is 30.5 Å². The van der Waals surface area contributed by atoms with E-state index in [4.69, 9.17) is 5.11 Å². The Morgan fingerprint density at radius 3 is 2.79 bits per heavy atom. The summed E-state index contributed by atoms with van der Waals surface area (Å²) in [5, 5.41) is 12.0. The van der Waals surface area contributed by atoms with Gasteiger partial charge in [-0.2, -0.15) is 13.2 Å². The summed E-state index contributed by atoms with van der Waals surface area (Å²) < 4.78 is 54.9. The topological polar surface area (TPSA) is 81.6 Å². The van der Waals surface area contributed by atoms with Gasteiger partial charge in [0.15, 0.2) is 5.13 Å². The second-order valence-corrected chi connectivity index (χ2v) is 8.77. The van der Waals surface area contributed by atoms with Gasteiger partial charge < -0.3 is 14.9 Å².